The molecule has 1 saturated heterocycles. The van der Waals surface area contributed by atoms with Crippen LogP contribution in [-0.2, 0) is 11.4 Å². The molecule has 7 rings (SSSR count). The molecule has 0 radical (unpaired) electrons. The Kier molecular flexibility index (Phi) is 7.22. The zero-order valence-corrected chi connectivity index (χ0v) is 21.6. The van der Waals surface area contributed by atoms with Crippen molar-refractivity contribution in [3.63, 3.8) is 0 Å². The van der Waals surface area contributed by atoms with Crippen molar-refractivity contribution in [1.82, 2.24) is 20.4 Å². The van der Waals surface area contributed by atoms with Crippen LogP contribution < -0.4 is 15.4 Å². The monoisotopic (exact) mass is 497 g/mol. The first-order valence-corrected chi connectivity index (χ1v) is 14.6. The standard InChI is InChI=1S/C28H43N5O3/c34-26(32-28-15-21-12-22(16-28)14-23(13-21)17-28)25-18-30-33(11-10-31-36-24-6-8-29-9-7-24)27(25)35-19-20-4-2-1-3-5-20/h10,18,20-24,29H,1-9,11-17,19H2,(H,32,34)/b31-10+. The summed E-state index contributed by atoms with van der Waals surface area (Å²) in [5, 5.41) is 15.6. The molecule has 0 unspecified atom stereocenters. The minimum absolute atomic E-state index is 0.0234. The predicted octanol–water partition coefficient (Wildman–Crippen LogP) is 4.30. The lowest BCUT2D eigenvalue weighted by Crippen LogP contribution is -2.59. The van der Waals surface area contributed by atoms with Gasteiger partial charge in [0.1, 0.15) is 11.7 Å². The Morgan fingerprint density at radius 3 is 2.47 bits per heavy atom. The maximum Gasteiger partial charge on any atom is 0.258 e. The van der Waals surface area contributed by atoms with Crippen LogP contribution in [0.25, 0.3) is 0 Å². The molecule has 0 atom stereocenters. The van der Waals surface area contributed by atoms with E-state index in [1.165, 1.54) is 51.4 Å². The van der Waals surface area contributed by atoms with Gasteiger partial charge in [0.15, 0.2) is 0 Å². The molecule has 198 valence electrons. The van der Waals surface area contributed by atoms with E-state index in [0.29, 0.717) is 30.5 Å². The Morgan fingerprint density at radius 1 is 1.08 bits per heavy atom. The lowest BCUT2D eigenvalue weighted by Gasteiger charge is -2.56. The largest absolute Gasteiger partial charge is 0.477 e. The Balaban J connectivity index is 1.14. The summed E-state index contributed by atoms with van der Waals surface area (Å²) in [4.78, 5) is 19.3. The molecule has 5 saturated carbocycles. The van der Waals surface area contributed by atoms with Gasteiger partial charge in [0.25, 0.3) is 5.91 Å². The molecule has 5 aliphatic carbocycles. The number of aromatic nitrogens is 2. The second-order valence-corrected chi connectivity index (χ2v) is 12.4. The molecule has 1 aromatic heterocycles. The zero-order valence-electron chi connectivity index (χ0n) is 21.6. The van der Waals surface area contributed by atoms with E-state index >= 15 is 0 Å². The molecule has 36 heavy (non-hydrogen) atoms. The number of piperidine rings is 1. The van der Waals surface area contributed by atoms with Crippen LogP contribution in [-0.4, -0.2) is 53.2 Å². The second-order valence-electron chi connectivity index (χ2n) is 12.4. The van der Waals surface area contributed by atoms with Crippen molar-refractivity contribution in [3.05, 3.63) is 11.8 Å². The average molecular weight is 498 g/mol. The SMILES string of the molecule is O=C(NC12CC3CC(CC(C3)C1)C2)c1cnn(C/C=N/OC2CCNCC2)c1OCC1CCCCC1. The highest BCUT2D eigenvalue weighted by Crippen LogP contribution is 2.55. The lowest BCUT2D eigenvalue weighted by molar-refractivity contribution is -0.0167. The van der Waals surface area contributed by atoms with E-state index in [1.807, 2.05) is 0 Å². The zero-order chi connectivity index (χ0) is 24.4. The molecule has 1 aromatic rings. The van der Waals surface area contributed by atoms with E-state index in [0.717, 1.165) is 62.9 Å². The highest BCUT2D eigenvalue weighted by Gasteiger charge is 2.51. The number of nitrogens with zero attached hydrogens (tertiary/aromatic N) is 3. The quantitative estimate of drug-likeness (QED) is 0.392. The van der Waals surface area contributed by atoms with Crippen molar-refractivity contribution in [3.8, 4) is 5.88 Å². The van der Waals surface area contributed by atoms with Crippen LogP contribution in [0.5, 0.6) is 5.88 Å². The molecule has 2 N–H and O–H groups in total. The van der Waals surface area contributed by atoms with E-state index in [9.17, 15) is 4.79 Å². The maximum absolute atomic E-state index is 13.6. The van der Waals surface area contributed by atoms with Crippen molar-refractivity contribution in [2.75, 3.05) is 19.7 Å². The Labute approximate surface area is 214 Å². The Morgan fingerprint density at radius 2 is 1.78 bits per heavy atom. The molecule has 1 aliphatic heterocycles. The summed E-state index contributed by atoms with van der Waals surface area (Å²) in [7, 11) is 0. The first kappa shape index (κ1) is 24.3. The summed E-state index contributed by atoms with van der Waals surface area (Å²) in [5.74, 6) is 3.48. The lowest BCUT2D eigenvalue weighted by atomic mass is 9.53. The number of hydrogen-bond acceptors (Lipinski definition) is 6. The van der Waals surface area contributed by atoms with Gasteiger partial charge < -0.3 is 20.2 Å². The molecular weight excluding hydrogens is 454 g/mol. The van der Waals surface area contributed by atoms with Crippen LogP contribution in [0.1, 0.15) is 93.8 Å². The second kappa shape index (κ2) is 10.7. The number of carbonyl (C=O) groups is 1. The fraction of sp³-hybridized carbons (Fsp3) is 0.821. The minimum atomic E-state index is -0.0290. The van der Waals surface area contributed by atoms with Gasteiger partial charge in [0.05, 0.1) is 25.6 Å². The van der Waals surface area contributed by atoms with Crippen LogP contribution in [0, 0.1) is 23.7 Å². The summed E-state index contributed by atoms with van der Waals surface area (Å²) in [6, 6.07) is 0. The summed E-state index contributed by atoms with van der Waals surface area (Å²) in [6.07, 6.45) is 19.3. The molecule has 2 heterocycles. The van der Waals surface area contributed by atoms with Gasteiger partial charge in [0, 0.05) is 5.54 Å². The van der Waals surface area contributed by atoms with E-state index in [-0.39, 0.29) is 17.6 Å². The highest BCUT2D eigenvalue weighted by atomic mass is 16.6. The number of carbonyl (C=O) groups excluding carboxylic acids is 1. The van der Waals surface area contributed by atoms with Crippen LogP contribution in [0.2, 0.25) is 0 Å². The minimum Gasteiger partial charge on any atom is -0.477 e. The van der Waals surface area contributed by atoms with Gasteiger partial charge in [-0.3, -0.25) is 4.79 Å². The fourth-order valence-corrected chi connectivity index (χ4v) is 8.08. The molecule has 0 spiro atoms. The first-order chi connectivity index (χ1) is 17.7. The van der Waals surface area contributed by atoms with Crippen LogP contribution in [0.4, 0.5) is 0 Å². The number of ether oxygens (including phenoxy) is 1. The van der Waals surface area contributed by atoms with Gasteiger partial charge in [-0.2, -0.15) is 5.10 Å². The molecule has 1 amide bonds. The summed E-state index contributed by atoms with van der Waals surface area (Å²) in [6.45, 7) is 3.02. The summed E-state index contributed by atoms with van der Waals surface area (Å²) in [5.41, 5.74) is 0.535. The van der Waals surface area contributed by atoms with Crippen molar-refractivity contribution in [1.29, 1.82) is 0 Å². The fourth-order valence-electron chi connectivity index (χ4n) is 8.08. The topological polar surface area (TPSA) is 89.8 Å². The molecular formula is C28H43N5O3. The van der Waals surface area contributed by atoms with Crippen molar-refractivity contribution < 1.29 is 14.4 Å². The third-order valence-corrected chi connectivity index (χ3v) is 9.46. The number of rotatable bonds is 9. The van der Waals surface area contributed by atoms with E-state index < -0.39 is 0 Å². The van der Waals surface area contributed by atoms with Crippen LogP contribution in [0.15, 0.2) is 11.4 Å². The van der Waals surface area contributed by atoms with Gasteiger partial charge in [-0.15, -0.1) is 0 Å². The van der Waals surface area contributed by atoms with Crippen LogP contribution in [0.3, 0.4) is 0 Å². The molecule has 4 bridgehead atoms. The maximum atomic E-state index is 13.6. The molecule has 0 aromatic carbocycles. The number of oxime groups is 1. The molecule has 6 aliphatic rings. The van der Waals surface area contributed by atoms with Gasteiger partial charge in [0.2, 0.25) is 5.88 Å². The van der Waals surface area contributed by atoms with Gasteiger partial charge in [-0.1, -0.05) is 24.4 Å². The third-order valence-electron chi connectivity index (χ3n) is 9.46. The summed E-state index contributed by atoms with van der Waals surface area (Å²) >= 11 is 0. The molecule has 8 nitrogen and oxygen atoms in total. The Hall–Kier alpha value is -2.09. The van der Waals surface area contributed by atoms with Crippen molar-refractivity contribution in [2.45, 2.75) is 102 Å². The third kappa shape index (κ3) is 5.43. The molecule has 8 heteroatoms. The van der Waals surface area contributed by atoms with Crippen molar-refractivity contribution in [2.24, 2.45) is 28.8 Å². The van der Waals surface area contributed by atoms with Gasteiger partial charge in [-0.05, 0) is 101 Å². The Bertz CT molecular complexity index is 896. The van der Waals surface area contributed by atoms with Gasteiger partial charge in [-0.25, -0.2) is 4.68 Å². The first-order valence-electron chi connectivity index (χ1n) is 14.6. The number of nitrogens with one attached hydrogen (secondary N) is 2. The average Bonchev–Trinajstić information content (AvgIpc) is 3.28. The van der Waals surface area contributed by atoms with E-state index in [2.05, 4.69) is 20.9 Å². The highest BCUT2D eigenvalue weighted by molar-refractivity contribution is 5.96. The number of hydrogen-bond donors (Lipinski definition) is 2. The number of amides is 1. The van der Waals surface area contributed by atoms with Crippen LogP contribution >= 0.6 is 0 Å². The molecule has 6 fully saturated rings. The van der Waals surface area contributed by atoms with Crippen molar-refractivity contribution >= 4 is 12.1 Å². The summed E-state index contributed by atoms with van der Waals surface area (Å²) < 4.78 is 8.14. The smallest absolute Gasteiger partial charge is 0.258 e. The predicted molar refractivity (Wildman–Crippen MR) is 138 cm³/mol. The van der Waals surface area contributed by atoms with E-state index in [1.54, 1.807) is 17.1 Å². The van der Waals surface area contributed by atoms with E-state index in [4.69, 9.17) is 9.57 Å². The normalized spacial score (nSPS) is 32.7. The van der Waals surface area contributed by atoms with Gasteiger partial charge >= 0.3 is 0 Å².